The SMILES string of the molecule is Cc1c[nH]c(=S)n1Cc1ccno1. The molecular formula is C8H9N3OS. The maximum atomic E-state index is 5.09. The lowest BCUT2D eigenvalue weighted by Gasteiger charge is -2.00. The second-order valence-electron chi connectivity index (χ2n) is 2.80. The number of H-pyrrole nitrogens is 1. The third kappa shape index (κ3) is 1.55. The van der Waals surface area contributed by atoms with Gasteiger partial charge in [-0.1, -0.05) is 5.16 Å². The largest absolute Gasteiger partial charge is 0.359 e. The number of hydrogen-bond donors (Lipinski definition) is 1. The van der Waals surface area contributed by atoms with Gasteiger partial charge in [-0.25, -0.2) is 0 Å². The van der Waals surface area contributed by atoms with Crippen molar-refractivity contribution in [2.45, 2.75) is 13.5 Å². The maximum Gasteiger partial charge on any atom is 0.177 e. The van der Waals surface area contributed by atoms with Crippen molar-refractivity contribution in [2.75, 3.05) is 0 Å². The summed E-state index contributed by atoms with van der Waals surface area (Å²) < 4.78 is 7.64. The molecule has 0 atom stereocenters. The number of nitrogens with one attached hydrogen (secondary N) is 1. The van der Waals surface area contributed by atoms with E-state index in [1.807, 2.05) is 23.8 Å². The van der Waals surface area contributed by atoms with Crippen LogP contribution in [0, 0.1) is 11.7 Å². The van der Waals surface area contributed by atoms with Crippen LogP contribution in [0.3, 0.4) is 0 Å². The van der Waals surface area contributed by atoms with Crippen molar-refractivity contribution >= 4 is 12.2 Å². The van der Waals surface area contributed by atoms with E-state index in [2.05, 4.69) is 10.1 Å². The summed E-state index contributed by atoms with van der Waals surface area (Å²) in [6.07, 6.45) is 3.50. The van der Waals surface area contributed by atoms with E-state index in [0.717, 1.165) is 11.5 Å². The molecule has 4 nitrogen and oxygen atoms in total. The van der Waals surface area contributed by atoms with Gasteiger partial charge in [0.2, 0.25) is 0 Å². The highest BCUT2D eigenvalue weighted by atomic mass is 32.1. The molecule has 0 unspecified atom stereocenters. The molecular weight excluding hydrogens is 186 g/mol. The Labute approximate surface area is 80.2 Å². The molecule has 2 aromatic heterocycles. The normalized spacial score (nSPS) is 10.5. The number of rotatable bonds is 2. The first-order valence-electron chi connectivity index (χ1n) is 3.92. The Balaban J connectivity index is 2.33. The highest BCUT2D eigenvalue weighted by Gasteiger charge is 2.02. The molecule has 5 heteroatoms. The predicted molar refractivity (Wildman–Crippen MR) is 50.0 cm³/mol. The molecule has 0 aliphatic rings. The third-order valence-corrected chi connectivity index (χ3v) is 2.22. The molecule has 13 heavy (non-hydrogen) atoms. The molecule has 0 radical (unpaired) electrons. The van der Waals surface area contributed by atoms with E-state index in [9.17, 15) is 0 Å². The molecule has 0 saturated carbocycles. The zero-order chi connectivity index (χ0) is 9.26. The summed E-state index contributed by atoms with van der Waals surface area (Å²) in [5, 5.41) is 3.63. The first-order chi connectivity index (χ1) is 6.27. The fourth-order valence-corrected chi connectivity index (χ4v) is 1.43. The molecule has 68 valence electrons. The van der Waals surface area contributed by atoms with E-state index < -0.39 is 0 Å². The second kappa shape index (κ2) is 3.18. The average Bonchev–Trinajstić information content (AvgIpc) is 2.70. The molecule has 0 bridgehead atoms. The van der Waals surface area contributed by atoms with Gasteiger partial charge in [0, 0.05) is 18.0 Å². The minimum absolute atomic E-state index is 0.633. The summed E-state index contributed by atoms with van der Waals surface area (Å²) in [5.74, 6) is 0.804. The van der Waals surface area contributed by atoms with Gasteiger partial charge in [-0.2, -0.15) is 0 Å². The number of nitrogens with zero attached hydrogens (tertiary/aromatic N) is 2. The summed E-state index contributed by atoms with van der Waals surface area (Å²) in [6, 6.07) is 1.83. The number of aromatic nitrogens is 3. The summed E-state index contributed by atoms with van der Waals surface area (Å²) in [5.41, 5.74) is 1.08. The van der Waals surface area contributed by atoms with Gasteiger partial charge in [-0.3, -0.25) is 0 Å². The number of aromatic amines is 1. The van der Waals surface area contributed by atoms with E-state index in [-0.39, 0.29) is 0 Å². The van der Waals surface area contributed by atoms with Crippen molar-refractivity contribution in [1.29, 1.82) is 0 Å². The average molecular weight is 195 g/mol. The van der Waals surface area contributed by atoms with Gasteiger partial charge in [0.05, 0.1) is 12.7 Å². The monoisotopic (exact) mass is 195 g/mol. The molecule has 1 N–H and O–H groups in total. The van der Waals surface area contributed by atoms with Gasteiger partial charge in [-0.15, -0.1) is 0 Å². The van der Waals surface area contributed by atoms with E-state index in [0.29, 0.717) is 11.3 Å². The van der Waals surface area contributed by atoms with Gasteiger partial charge >= 0.3 is 0 Å². The molecule has 0 amide bonds. The lowest BCUT2D eigenvalue weighted by atomic mass is 10.4. The minimum atomic E-state index is 0.633. The van der Waals surface area contributed by atoms with Gasteiger partial charge in [-0.05, 0) is 19.1 Å². The zero-order valence-electron chi connectivity index (χ0n) is 7.15. The van der Waals surface area contributed by atoms with Crippen molar-refractivity contribution < 1.29 is 4.52 Å². The van der Waals surface area contributed by atoms with Crippen molar-refractivity contribution in [3.8, 4) is 0 Å². The standard InChI is InChI=1S/C8H9N3OS/c1-6-4-9-8(13)11(6)5-7-2-3-10-12-7/h2-4H,5H2,1H3,(H,9,13). The van der Waals surface area contributed by atoms with Crippen LogP contribution in [0.25, 0.3) is 0 Å². The molecule has 2 rings (SSSR count). The Bertz CT molecular complexity index is 440. The first kappa shape index (κ1) is 8.25. The van der Waals surface area contributed by atoms with Crippen LogP contribution in [0.1, 0.15) is 11.5 Å². The second-order valence-corrected chi connectivity index (χ2v) is 3.19. The number of aryl methyl sites for hydroxylation is 1. The maximum absolute atomic E-state index is 5.09. The molecule has 0 aliphatic carbocycles. The molecule has 2 aromatic rings. The fraction of sp³-hybridized carbons (Fsp3) is 0.250. The predicted octanol–water partition coefficient (Wildman–Crippen LogP) is 1.89. The van der Waals surface area contributed by atoms with Gasteiger partial charge in [0.25, 0.3) is 0 Å². The van der Waals surface area contributed by atoms with Crippen molar-refractivity contribution in [2.24, 2.45) is 0 Å². The molecule has 2 heterocycles. The Morgan fingerprint density at radius 2 is 2.54 bits per heavy atom. The van der Waals surface area contributed by atoms with Crippen molar-refractivity contribution in [3.63, 3.8) is 0 Å². The van der Waals surface area contributed by atoms with Crippen LogP contribution in [0.4, 0.5) is 0 Å². The van der Waals surface area contributed by atoms with Crippen LogP contribution >= 0.6 is 12.2 Å². The van der Waals surface area contributed by atoms with E-state index in [1.54, 1.807) is 6.20 Å². The van der Waals surface area contributed by atoms with Crippen LogP contribution < -0.4 is 0 Å². The zero-order valence-corrected chi connectivity index (χ0v) is 7.97. The smallest absolute Gasteiger partial charge is 0.177 e. The Kier molecular flexibility index (Phi) is 2.02. The van der Waals surface area contributed by atoms with Crippen LogP contribution in [-0.2, 0) is 6.54 Å². The summed E-state index contributed by atoms with van der Waals surface area (Å²) in [4.78, 5) is 2.97. The third-order valence-electron chi connectivity index (χ3n) is 1.88. The lowest BCUT2D eigenvalue weighted by Crippen LogP contribution is -2.00. The fourth-order valence-electron chi connectivity index (χ4n) is 1.16. The van der Waals surface area contributed by atoms with Crippen molar-refractivity contribution in [1.82, 2.24) is 14.7 Å². The molecule has 0 spiro atoms. The summed E-state index contributed by atoms with van der Waals surface area (Å²) >= 11 is 5.09. The first-order valence-corrected chi connectivity index (χ1v) is 4.32. The van der Waals surface area contributed by atoms with E-state index in [4.69, 9.17) is 16.7 Å². The van der Waals surface area contributed by atoms with E-state index >= 15 is 0 Å². The lowest BCUT2D eigenvalue weighted by molar-refractivity contribution is 0.375. The van der Waals surface area contributed by atoms with Gasteiger partial charge < -0.3 is 14.1 Å². The van der Waals surface area contributed by atoms with Gasteiger partial charge in [0.1, 0.15) is 0 Å². The quantitative estimate of drug-likeness (QED) is 0.744. The summed E-state index contributed by atoms with van der Waals surface area (Å²) in [6.45, 7) is 2.62. The van der Waals surface area contributed by atoms with Crippen molar-refractivity contribution in [3.05, 3.63) is 34.7 Å². The highest BCUT2D eigenvalue weighted by Crippen LogP contribution is 2.05. The Morgan fingerprint density at radius 1 is 1.69 bits per heavy atom. The summed E-state index contributed by atoms with van der Waals surface area (Å²) in [7, 11) is 0. The van der Waals surface area contributed by atoms with E-state index in [1.165, 1.54) is 0 Å². The molecule has 0 saturated heterocycles. The minimum Gasteiger partial charge on any atom is -0.359 e. The Morgan fingerprint density at radius 3 is 3.08 bits per heavy atom. The van der Waals surface area contributed by atoms with Gasteiger partial charge in [0.15, 0.2) is 10.5 Å². The Hall–Kier alpha value is -1.36. The number of imidazole rings is 1. The van der Waals surface area contributed by atoms with Crippen LogP contribution in [0.5, 0.6) is 0 Å². The number of hydrogen-bond acceptors (Lipinski definition) is 3. The molecule has 0 aliphatic heterocycles. The van der Waals surface area contributed by atoms with Crippen LogP contribution in [0.2, 0.25) is 0 Å². The van der Waals surface area contributed by atoms with Crippen LogP contribution in [0.15, 0.2) is 23.0 Å². The molecule has 0 aromatic carbocycles. The van der Waals surface area contributed by atoms with Crippen LogP contribution in [-0.4, -0.2) is 14.7 Å². The topological polar surface area (TPSA) is 46.8 Å². The molecule has 0 fully saturated rings. The highest BCUT2D eigenvalue weighted by molar-refractivity contribution is 7.71.